The molecule has 0 fully saturated rings. The van der Waals surface area contributed by atoms with E-state index >= 15 is 0 Å². The Hall–Kier alpha value is 0.380. The molecule has 2 aromatic heterocycles. The second kappa shape index (κ2) is 6.02. The zero-order valence-corrected chi connectivity index (χ0v) is 14.5. The highest BCUT2D eigenvalue weighted by Crippen LogP contribution is 2.39. The summed E-state index contributed by atoms with van der Waals surface area (Å²) in [6, 6.07) is 4.27. The topological polar surface area (TPSA) is 25.2 Å². The third-order valence-corrected chi connectivity index (χ3v) is 6.28. The first-order chi connectivity index (χ1) is 8.13. The molecule has 2 aromatic rings. The summed E-state index contributed by atoms with van der Waals surface area (Å²) in [5.74, 6) is 0. The van der Waals surface area contributed by atoms with Crippen molar-refractivity contribution < 1.29 is 4.42 Å². The van der Waals surface area contributed by atoms with Crippen LogP contribution in [0.2, 0.25) is 0 Å². The van der Waals surface area contributed by atoms with E-state index in [0.717, 1.165) is 25.0 Å². The molecule has 0 radical (unpaired) electrons. The molecule has 0 aromatic carbocycles. The van der Waals surface area contributed by atoms with E-state index in [1.54, 1.807) is 17.6 Å². The minimum absolute atomic E-state index is 0.153. The SMILES string of the molecule is CCNC(c1cc(Br)c(Br)s1)c1ccoc1Br. The first-order valence-corrected chi connectivity index (χ1v) is 8.24. The van der Waals surface area contributed by atoms with Crippen molar-refractivity contribution in [1.82, 2.24) is 5.32 Å². The fourth-order valence-corrected chi connectivity index (χ4v) is 4.24. The van der Waals surface area contributed by atoms with Crippen molar-refractivity contribution in [3.8, 4) is 0 Å². The summed E-state index contributed by atoms with van der Waals surface area (Å²) in [6.45, 7) is 2.99. The quantitative estimate of drug-likeness (QED) is 0.691. The third-order valence-electron chi connectivity index (χ3n) is 2.31. The van der Waals surface area contributed by atoms with Crippen LogP contribution in [0.5, 0.6) is 0 Å². The molecule has 0 saturated carbocycles. The zero-order valence-electron chi connectivity index (χ0n) is 8.97. The molecule has 2 heterocycles. The summed E-state index contributed by atoms with van der Waals surface area (Å²) in [6.07, 6.45) is 1.70. The second-order valence-electron chi connectivity index (χ2n) is 3.41. The summed E-state index contributed by atoms with van der Waals surface area (Å²) in [7, 11) is 0. The molecule has 2 nitrogen and oxygen atoms in total. The van der Waals surface area contributed by atoms with E-state index in [9.17, 15) is 0 Å². The van der Waals surface area contributed by atoms with Crippen molar-refractivity contribution in [3.05, 3.63) is 41.8 Å². The monoisotopic (exact) mass is 441 g/mol. The van der Waals surface area contributed by atoms with Crippen LogP contribution < -0.4 is 5.32 Å². The van der Waals surface area contributed by atoms with E-state index in [2.05, 4.69) is 66.1 Å². The maximum atomic E-state index is 5.31. The first kappa shape index (κ1) is 13.8. The standard InChI is InChI=1S/C11H10Br3NOS/c1-2-15-9(6-3-4-16-10(6)13)8-5-7(12)11(14)17-8/h3-5,9,15H,2H2,1H3. The predicted molar refractivity (Wildman–Crippen MR) is 81.6 cm³/mol. The van der Waals surface area contributed by atoms with Crippen molar-refractivity contribution in [3.63, 3.8) is 0 Å². The molecule has 0 saturated heterocycles. The minimum atomic E-state index is 0.153. The molecule has 1 atom stereocenters. The number of thiophene rings is 1. The van der Waals surface area contributed by atoms with Crippen LogP contribution in [0, 0.1) is 0 Å². The van der Waals surface area contributed by atoms with Gasteiger partial charge in [0.15, 0.2) is 4.67 Å². The van der Waals surface area contributed by atoms with Gasteiger partial charge in [-0.1, -0.05) is 6.92 Å². The van der Waals surface area contributed by atoms with Crippen LogP contribution in [-0.2, 0) is 0 Å². The molecule has 0 amide bonds. The molecule has 0 aliphatic heterocycles. The molecule has 92 valence electrons. The van der Waals surface area contributed by atoms with Gasteiger partial charge in [-0.25, -0.2) is 0 Å². The highest BCUT2D eigenvalue weighted by Gasteiger charge is 2.20. The van der Waals surface area contributed by atoms with E-state index in [1.807, 2.05) is 6.07 Å². The zero-order chi connectivity index (χ0) is 12.4. The van der Waals surface area contributed by atoms with Crippen LogP contribution in [0.15, 0.2) is 35.7 Å². The van der Waals surface area contributed by atoms with Gasteiger partial charge in [0.2, 0.25) is 0 Å². The lowest BCUT2D eigenvalue weighted by atomic mass is 10.1. The molecule has 0 aliphatic carbocycles. The second-order valence-corrected chi connectivity index (χ2v) is 7.39. The van der Waals surface area contributed by atoms with Crippen molar-refractivity contribution in [2.45, 2.75) is 13.0 Å². The average molecular weight is 444 g/mol. The molecule has 1 N–H and O–H groups in total. The fourth-order valence-electron chi connectivity index (χ4n) is 1.58. The maximum absolute atomic E-state index is 5.31. The summed E-state index contributed by atoms with van der Waals surface area (Å²) in [5, 5.41) is 3.46. The van der Waals surface area contributed by atoms with Gasteiger partial charge in [-0.05, 0) is 66.5 Å². The van der Waals surface area contributed by atoms with Gasteiger partial charge in [-0.3, -0.25) is 0 Å². The lowest BCUT2D eigenvalue weighted by molar-refractivity contribution is 0.527. The van der Waals surface area contributed by atoms with Crippen LogP contribution in [0.4, 0.5) is 0 Å². The molecule has 6 heteroatoms. The van der Waals surface area contributed by atoms with Crippen LogP contribution in [-0.4, -0.2) is 6.54 Å². The van der Waals surface area contributed by atoms with E-state index in [4.69, 9.17) is 4.42 Å². The molecular weight excluding hydrogens is 434 g/mol. The van der Waals surface area contributed by atoms with Crippen molar-refractivity contribution in [2.24, 2.45) is 0 Å². The number of furan rings is 1. The Morgan fingerprint density at radius 2 is 2.18 bits per heavy atom. The summed E-state index contributed by atoms with van der Waals surface area (Å²) >= 11 is 12.2. The third kappa shape index (κ3) is 3.04. The highest BCUT2D eigenvalue weighted by atomic mass is 79.9. The number of rotatable bonds is 4. The largest absolute Gasteiger partial charge is 0.457 e. The van der Waals surface area contributed by atoms with Gasteiger partial charge in [0.1, 0.15) is 0 Å². The molecule has 0 aliphatic rings. The van der Waals surface area contributed by atoms with Gasteiger partial charge in [-0.2, -0.15) is 0 Å². The lowest BCUT2D eigenvalue weighted by Crippen LogP contribution is -2.20. The minimum Gasteiger partial charge on any atom is -0.457 e. The van der Waals surface area contributed by atoms with E-state index < -0.39 is 0 Å². The first-order valence-electron chi connectivity index (χ1n) is 5.04. The van der Waals surface area contributed by atoms with Gasteiger partial charge in [0.25, 0.3) is 0 Å². The molecule has 1 unspecified atom stereocenters. The molecule has 2 rings (SSSR count). The lowest BCUT2D eigenvalue weighted by Gasteiger charge is -2.15. The Kier molecular flexibility index (Phi) is 4.88. The van der Waals surface area contributed by atoms with Crippen molar-refractivity contribution in [1.29, 1.82) is 0 Å². The molecule has 0 bridgehead atoms. The maximum Gasteiger partial charge on any atom is 0.174 e. The van der Waals surface area contributed by atoms with Gasteiger partial charge in [0, 0.05) is 14.9 Å². The van der Waals surface area contributed by atoms with E-state index in [0.29, 0.717) is 0 Å². The Morgan fingerprint density at radius 3 is 2.65 bits per heavy atom. The predicted octanol–water partition coefficient (Wildman–Crippen LogP) is 5.33. The number of nitrogens with one attached hydrogen (secondary N) is 1. The summed E-state index contributed by atoms with van der Waals surface area (Å²) in [4.78, 5) is 1.24. The van der Waals surface area contributed by atoms with Crippen LogP contribution >= 0.6 is 59.1 Å². The number of hydrogen-bond acceptors (Lipinski definition) is 3. The van der Waals surface area contributed by atoms with E-state index in [-0.39, 0.29) is 6.04 Å². The van der Waals surface area contributed by atoms with Gasteiger partial charge in [0.05, 0.1) is 16.1 Å². The molecular formula is C11H10Br3NOS. The Morgan fingerprint density at radius 1 is 1.41 bits per heavy atom. The smallest absolute Gasteiger partial charge is 0.174 e. The van der Waals surface area contributed by atoms with Gasteiger partial charge < -0.3 is 9.73 Å². The number of halogens is 3. The van der Waals surface area contributed by atoms with E-state index in [1.165, 1.54) is 4.88 Å². The van der Waals surface area contributed by atoms with Crippen LogP contribution in [0.25, 0.3) is 0 Å². The molecule has 0 spiro atoms. The van der Waals surface area contributed by atoms with Crippen molar-refractivity contribution >= 4 is 59.1 Å². The van der Waals surface area contributed by atoms with Crippen molar-refractivity contribution in [2.75, 3.05) is 6.54 Å². The average Bonchev–Trinajstić information content (AvgIpc) is 2.83. The van der Waals surface area contributed by atoms with Crippen LogP contribution in [0.3, 0.4) is 0 Å². The van der Waals surface area contributed by atoms with Crippen LogP contribution in [0.1, 0.15) is 23.4 Å². The fraction of sp³-hybridized carbons (Fsp3) is 0.273. The van der Waals surface area contributed by atoms with Gasteiger partial charge >= 0.3 is 0 Å². The summed E-state index contributed by atoms with van der Waals surface area (Å²) < 4.78 is 8.28. The highest BCUT2D eigenvalue weighted by molar-refractivity contribution is 9.13. The van der Waals surface area contributed by atoms with Gasteiger partial charge in [-0.15, -0.1) is 11.3 Å². The Bertz CT molecular complexity index is 489. The molecule has 17 heavy (non-hydrogen) atoms. The normalized spacial score (nSPS) is 12.9. The summed E-state index contributed by atoms with van der Waals surface area (Å²) in [5.41, 5.74) is 1.12. The Balaban J connectivity index is 2.39. The Labute approximate surface area is 129 Å². The number of hydrogen-bond donors (Lipinski definition) is 1.